The first-order valence-corrected chi connectivity index (χ1v) is 9.41. The molecule has 0 fully saturated rings. The highest BCUT2D eigenvalue weighted by Gasteiger charge is 2.11. The van der Waals surface area contributed by atoms with Crippen molar-refractivity contribution < 1.29 is 14.6 Å². The van der Waals surface area contributed by atoms with Crippen LogP contribution in [0.2, 0.25) is 0 Å². The summed E-state index contributed by atoms with van der Waals surface area (Å²) in [6.45, 7) is 3.02. The summed E-state index contributed by atoms with van der Waals surface area (Å²) < 4.78 is 11.9. The molecule has 0 amide bonds. The maximum Gasteiger partial charge on any atom is 0.123 e. The molecule has 1 unspecified atom stereocenters. The summed E-state index contributed by atoms with van der Waals surface area (Å²) in [5.74, 6) is 1.41. The highest BCUT2D eigenvalue weighted by Crippen LogP contribution is 2.29. The molecule has 140 valence electrons. The minimum atomic E-state index is -0.519. The van der Waals surface area contributed by atoms with Crippen LogP contribution in [0.5, 0.6) is 11.5 Å². The number of aliphatic hydroxyl groups is 1. The molecule has 0 bridgehead atoms. The van der Waals surface area contributed by atoms with E-state index in [1.165, 1.54) is 0 Å². The first-order valence-electron chi connectivity index (χ1n) is 9.41. The first kappa shape index (κ1) is 19.0. The van der Waals surface area contributed by atoms with Gasteiger partial charge in [-0.3, -0.25) is 0 Å². The second-order valence-electron chi connectivity index (χ2n) is 6.59. The lowest BCUT2D eigenvalue weighted by molar-refractivity contribution is 0.165. The van der Waals surface area contributed by atoms with Crippen LogP contribution in [0.1, 0.15) is 42.6 Å². The summed E-state index contributed by atoms with van der Waals surface area (Å²) in [5.41, 5.74) is 3.03. The van der Waals surface area contributed by atoms with Crippen LogP contribution in [-0.4, -0.2) is 5.11 Å². The van der Waals surface area contributed by atoms with E-state index in [9.17, 15) is 5.11 Å². The van der Waals surface area contributed by atoms with Gasteiger partial charge in [0.1, 0.15) is 24.7 Å². The van der Waals surface area contributed by atoms with Gasteiger partial charge in [0, 0.05) is 6.07 Å². The fourth-order valence-corrected chi connectivity index (χ4v) is 2.87. The van der Waals surface area contributed by atoms with E-state index in [2.05, 4.69) is 6.92 Å². The van der Waals surface area contributed by atoms with Crippen molar-refractivity contribution >= 4 is 0 Å². The van der Waals surface area contributed by atoms with Crippen LogP contribution in [0, 0.1) is 0 Å². The molecule has 27 heavy (non-hydrogen) atoms. The first-order chi connectivity index (χ1) is 13.2. The van der Waals surface area contributed by atoms with Gasteiger partial charge < -0.3 is 14.6 Å². The molecule has 0 aromatic heterocycles. The minimum Gasteiger partial charge on any atom is -0.489 e. The van der Waals surface area contributed by atoms with Crippen LogP contribution in [0.15, 0.2) is 78.9 Å². The van der Waals surface area contributed by atoms with E-state index >= 15 is 0 Å². The van der Waals surface area contributed by atoms with E-state index in [4.69, 9.17) is 9.47 Å². The summed E-state index contributed by atoms with van der Waals surface area (Å²) in [7, 11) is 0. The van der Waals surface area contributed by atoms with Crippen LogP contribution < -0.4 is 9.47 Å². The fourth-order valence-electron chi connectivity index (χ4n) is 2.87. The third-order valence-electron chi connectivity index (χ3n) is 4.35. The third kappa shape index (κ3) is 5.87. The maximum absolute atomic E-state index is 10.4. The summed E-state index contributed by atoms with van der Waals surface area (Å²) in [6, 6.07) is 25.8. The number of hydrogen-bond donors (Lipinski definition) is 1. The Morgan fingerprint density at radius 2 is 1.22 bits per heavy atom. The Hall–Kier alpha value is -2.78. The van der Waals surface area contributed by atoms with Crippen molar-refractivity contribution in [1.82, 2.24) is 0 Å². The van der Waals surface area contributed by atoms with Crippen molar-refractivity contribution in [2.24, 2.45) is 0 Å². The Balaban J connectivity index is 1.75. The van der Waals surface area contributed by atoms with Crippen molar-refractivity contribution in [2.45, 2.75) is 39.1 Å². The van der Waals surface area contributed by atoms with Gasteiger partial charge in [-0.05, 0) is 35.2 Å². The smallest absolute Gasteiger partial charge is 0.123 e. The van der Waals surface area contributed by atoms with E-state index in [-0.39, 0.29) is 0 Å². The lowest BCUT2D eigenvalue weighted by atomic mass is 10.0. The number of aliphatic hydroxyl groups excluding tert-OH is 1. The second kappa shape index (κ2) is 9.79. The molecule has 3 aromatic rings. The Morgan fingerprint density at radius 3 is 1.67 bits per heavy atom. The number of rotatable bonds is 9. The van der Waals surface area contributed by atoms with Gasteiger partial charge in [0.2, 0.25) is 0 Å². The van der Waals surface area contributed by atoms with Crippen LogP contribution in [0.4, 0.5) is 0 Å². The maximum atomic E-state index is 10.4. The summed E-state index contributed by atoms with van der Waals surface area (Å²) in [4.78, 5) is 0. The zero-order valence-electron chi connectivity index (χ0n) is 15.7. The molecule has 0 saturated carbocycles. The van der Waals surface area contributed by atoms with Gasteiger partial charge in [-0.2, -0.15) is 0 Å². The molecule has 1 atom stereocenters. The van der Waals surface area contributed by atoms with Gasteiger partial charge in [0.05, 0.1) is 6.10 Å². The molecule has 0 aliphatic heterocycles. The Labute approximate surface area is 161 Å². The molecule has 0 radical (unpaired) electrons. The van der Waals surface area contributed by atoms with Gasteiger partial charge >= 0.3 is 0 Å². The quantitative estimate of drug-likeness (QED) is 0.532. The summed E-state index contributed by atoms with van der Waals surface area (Å²) >= 11 is 0. The molecule has 1 N–H and O–H groups in total. The van der Waals surface area contributed by atoms with E-state index in [1.54, 1.807) is 0 Å². The molecule has 0 spiro atoms. The number of ether oxygens (including phenoxy) is 2. The molecule has 0 aliphatic rings. The van der Waals surface area contributed by atoms with Crippen molar-refractivity contribution in [3.63, 3.8) is 0 Å². The van der Waals surface area contributed by atoms with Crippen LogP contribution in [0.25, 0.3) is 0 Å². The predicted molar refractivity (Wildman–Crippen MR) is 108 cm³/mol. The monoisotopic (exact) mass is 362 g/mol. The highest BCUT2D eigenvalue weighted by molar-refractivity contribution is 5.40. The average molecular weight is 362 g/mol. The summed E-state index contributed by atoms with van der Waals surface area (Å²) in [5, 5.41) is 10.4. The van der Waals surface area contributed by atoms with Crippen LogP contribution in [-0.2, 0) is 13.2 Å². The van der Waals surface area contributed by atoms with Gasteiger partial charge in [0.15, 0.2) is 0 Å². The predicted octanol–water partition coefficient (Wildman–Crippen LogP) is 5.68. The number of benzene rings is 3. The van der Waals surface area contributed by atoms with E-state index in [0.717, 1.165) is 23.1 Å². The Morgan fingerprint density at radius 1 is 0.741 bits per heavy atom. The van der Waals surface area contributed by atoms with Gasteiger partial charge in [-0.1, -0.05) is 74.0 Å². The molecule has 3 nitrogen and oxygen atoms in total. The lowest BCUT2D eigenvalue weighted by Gasteiger charge is -2.15. The molecule has 3 heteroatoms. The van der Waals surface area contributed by atoms with Crippen molar-refractivity contribution in [1.29, 1.82) is 0 Å². The Kier molecular flexibility index (Phi) is 6.89. The SMILES string of the molecule is CCCC(O)c1cc(OCc2ccccc2)cc(OCc2ccccc2)c1. The normalized spacial score (nSPS) is 11.8. The topological polar surface area (TPSA) is 38.7 Å². The van der Waals surface area contributed by atoms with Crippen LogP contribution in [0.3, 0.4) is 0 Å². The van der Waals surface area contributed by atoms with Crippen molar-refractivity contribution in [2.75, 3.05) is 0 Å². The zero-order chi connectivity index (χ0) is 18.9. The van der Waals surface area contributed by atoms with Crippen molar-refractivity contribution in [3.8, 4) is 11.5 Å². The second-order valence-corrected chi connectivity index (χ2v) is 6.59. The molecule has 3 rings (SSSR count). The van der Waals surface area contributed by atoms with Gasteiger partial charge in [-0.15, -0.1) is 0 Å². The summed E-state index contributed by atoms with van der Waals surface area (Å²) in [6.07, 6.45) is 1.10. The van der Waals surface area contributed by atoms with Crippen LogP contribution >= 0.6 is 0 Å². The van der Waals surface area contributed by atoms with E-state index in [1.807, 2.05) is 78.9 Å². The molecule has 0 aliphatic carbocycles. The van der Waals surface area contributed by atoms with Crippen molar-refractivity contribution in [3.05, 3.63) is 95.6 Å². The average Bonchev–Trinajstić information content (AvgIpc) is 2.72. The minimum absolute atomic E-state index is 0.478. The fraction of sp³-hybridized carbons (Fsp3) is 0.250. The zero-order valence-corrected chi connectivity index (χ0v) is 15.7. The van der Waals surface area contributed by atoms with Gasteiger partial charge in [-0.25, -0.2) is 0 Å². The standard InChI is InChI=1S/C24H26O3/c1-2-9-24(25)21-14-22(26-17-19-10-5-3-6-11-19)16-23(15-21)27-18-20-12-7-4-8-13-20/h3-8,10-16,24-25H,2,9,17-18H2,1H3. The molecular formula is C24H26O3. The molecule has 3 aromatic carbocycles. The largest absolute Gasteiger partial charge is 0.489 e. The molecular weight excluding hydrogens is 336 g/mol. The van der Waals surface area contributed by atoms with E-state index in [0.29, 0.717) is 31.1 Å². The van der Waals surface area contributed by atoms with Gasteiger partial charge in [0.25, 0.3) is 0 Å². The van der Waals surface area contributed by atoms with E-state index < -0.39 is 6.10 Å². The molecule has 0 heterocycles. The lowest BCUT2D eigenvalue weighted by Crippen LogP contribution is -2.02. The Bertz CT molecular complexity index is 754. The molecule has 0 saturated heterocycles. The number of hydrogen-bond acceptors (Lipinski definition) is 3. The highest BCUT2D eigenvalue weighted by atomic mass is 16.5. The third-order valence-corrected chi connectivity index (χ3v) is 4.35.